The highest BCUT2D eigenvalue weighted by Gasteiger charge is 2.04. The van der Waals surface area contributed by atoms with Gasteiger partial charge in [-0.15, -0.1) is 0 Å². The van der Waals surface area contributed by atoms with E-state index >= 15 is 0 Å². The molecule has 1 rings (SSSR count). The minimum atomic E-state index is 0.653. The summed E-state index contributed by atoms with van der Waals surface area (Å²) in [6.45, 7) is 15.8. The lowest BCUT2D eigenvalue weighted by Crippen LogP contribution is -1.99. The Morgan fingerprint density at radius 1 is 0.800 bits per heavy atom. The molecule has 138 valence electrons. The summed E-state index contributed by atoms with van der Waals surface area (Å²) in [4.78, 5) is 0. The molecule has 1 aromatic rings. The zero-order valence-electron chi connectivity index (χ0n) is 17.3. The highest BCUT2D eigenvalue weighted by Crippen LogP contribution is 2.24. The first kappa shape index (κ1) is 21.3. The van der Waals surface area contributed by atoms with Crippen molar-refractivity contribution in [3.05, 3.63) is 63.8 Å². The smallest absolute Gasteiger partial charge is 0.125 e. The second kappa shape index (κ2) is 11.0. The van der Waals surface area contributed by atoms with E-state index in [-0.39, 0.29) is 0 Å². The minimum Gasteiger partial charge on any atom is -0.489 e. The Hall–Kier alpha value is -1.76. The number of hydrogen-bond donors (Lipinski definition) is 0. The van der Waals surface area contributed by atoms with Gasteiger partial charge >= 0.3 is 0 Å². The molecule has 0 aromatic heterocycles. The summed E-state index contributed by atoms with van der Waals surface area (Å²) in [6, 6.07) is 4.36. The van der Waals surface area contributed by atoms with Gasteiger partial charge in [0.2, 0.25) is 0 Å². The van der Waals surface area contributed by atoms with E-state index in [1.54, 1.807) is 0 Å². The van der Waals surface area contributed by atoms with Gasteiger partial charge in [-0.2, -0.15) is 0 Å². The normalized spacial score (nSPS) is 12.3. The van der Waals surface area contributed by atoms with E-state index in [0.29, 0.717) is 6.61 Å². The summed E-state index contributed by atoms with van der Waals surface area (Å²) in [5.41, 5.74) is 8.03. The molecule has 0 aliphatic carbocycles. The van der Waals surface area contributed by atoms with E-state index in [2.05, 4.69) is 78.8 Å². The molecule has 0 radical (unpaired) electrons. The molecule has 1 heteroatoms. The van der Waals surface area contributed by atoms with E-state index in [1.165, 1.54) is 39.8 Å². The fourth-order valence-corrected chi connectivity index (χ4v) is 3.00. The van der Waals surface area contributed by atoms with Gasteiger partial charge in [-0.25, -0.2) is 0 Å². The zero-order chi connectivity index (χ0) is 18.8. The Balaban J connectivity index is 2.41. The fourth-order valence-electron chi connectivity index (χ4n) is 3.00. The van der Waals surface area contributed by atoms with E-state index in [4.69, 9.17) is 4.74 Å². The lowest BCUT2D eigenvalue weighted by atomic mass is 10.1. The fraction of sp³-hybridized carbons (Fsp3) is 0.500. The maximum atomic E-state index is 6.00. The molecule has 0 heterocycles. The first-order chi connectivity index (χ1) is 11.8. The van der Waals surface area contributed by atoms with Crippen molar-refractivity contribution in [2.75, 3.05) is 6.61 Å². The molecule has 1 aromatic carbocycles. The van der Waals surface area contributed by atoms with Crippen LogP contribution in [0.2, 0.25) is 0 Å². The Morgan fingerprint density at radius 2 is 1.32 bits per heavy atom. The Labute approximate surface area is 155 Å². The maximum absolute atomic E-state index is 6.00. The van der Waals surface area contributed by atoms with Crippen molar-refractivity contribution < 1.29 is 4.74 Å². The lowest BCUT2D eigenvalue weighted by Gasteiger charge is -2.12. The van der Waals surface area contributed by atoms with Crippen LogP contribution in [0.3, 0.4) is 0 Å². The molecule has 1 nitrogen and oxygen atoms in total. The molecule has 0 fully saturated rings. The van der Waals surface area contributed by atoms with Crippen molar-refractivity contribution in [3.8, 4) is 5.75 Å². The van der Waals surface area contributed by atoms with Gasteiger partial charge in [0.1, 0.15) is 12.4 Å². The predicted molar refractivity (Wildman–Crippen MR) is 112 cm³/mol. The largest absolute Gasteiger partial charge is 0.489 e. The van der Waals surface area contributed by atoms with Crippen molar-refractivity contribution >= 4 is 0 Å². The van der Waals surface area contributed by atoms with Crippen LogP contribution in [0.25, 0.3) is 0 Å². The Kier molecular flexibility index (Phi) is 9.34. The van der Waals surface area contributed by atoms with Crippen molar-refractivity contribution in [2.45, 2.75) is 74.1 Å². The van der Waals surface area contributed by atoms with Crippen molar-refractivity contribution in [2.24, 2.45) is 0 Å². The first-order valence-electron chi connectivity index (χ1n) is 9.45. The summed E-state index contributed by atoms with van der Waals surface area (Å²) in [7, 11) is 0. The molecule has 0 N–H and O–H groups in total. The average Bonchev–Trinajstić information content (AvgIpc) is 2.49. The molecular formula is C24H36O. The van der Waals surface area contributed by atoms with Crippen LogP contribution < -0.4 is 4.74 Å². The number of hydrogen-bond acceptors (Lipinski definition) is 1. The molecule has 0 bridgehead atoms. The van der Waals surface area contributed by atoms with Crippen LogP contribution in [0.4, 0.5) is 0 Å². The summed E-state index contributed by atoms with van der Waals surface area (Å²) in [5.74, 6) is 1.03. The molecule has 0 aliphatic rings. The second-order valence-electron chi connectivity index (χ2n) is 7.50. The summed E-state index contributed by atoms with van der Waals surface area (Å²) >= 11 is 0. The predicted octanol–water partition coefficient (Wildman–Crippen LogP) is 7.41. The van der Waals surface area contributed by atoms with Gasteiger partial charge in [-0.05, 0) is 91.4 Å². The number of rotatable bonds is 9. The monoisotopic (exact) mass is 340 g/mol. The number of benzene rings is 1. The zero-order valence-corrected chi connectivity index (χ0v) is 17.3. The van der Waals surface area contributed by atoms with E-state index < -0.39 is 0 Å². The third kappa shape index (κ3) is 8.77. The Bertz CT molecular complexity index is 617. The van der Waals surface area contributed by atoms with Crippen LogP contribution in [0.1, 0.15) is 70.1 Å². The van der Waals surface area contributed by atoms with Gasteiger partial charge in [-0.3, -0.25) is 0 Å². The van der Waals surface area contributed by atoms with E-state index in [0.717, 1.165) is 25.0 Å². The van der Waals surface area contributed by atoms with Gasteiger partial charge in [0, 0.05) is 0 Å². The van der Waals surface area contributed by atoms with Crippen molar-refractivity contribution in [3.63, 3.8) is 0 Å². The second-order valence-corrected chi connectivity index (χ2v) is 7.50. The molecule has 0 amide bonds. The molecule has 0 aliphatic heterocycles. The SMILES string of the molecule is CC(C)=CCCC(C)=CCCC(C)=CCOc1c(C)cc(C)cc1C. The summed E-state index contributed by atoms with van der Waals surface area (Å²) < 4.78 is 6.00. The van der Waals surface area contributed by atoms with Crippen LogP contribution in [0.5, 0.6) is 5.75 Å². The third-order valence-corrected chi connectivity index (χ3v) is 4.39. The molecule has 0 spiro atoms. The molecule has 0 unspecified atom stereocenters. The Morgan fingerprint density at radius 3 is 1.88 bits per heavy atom. The quantitative estimate of drug-likeness (QED) is 0.425. The third-order valence-electron chi connectivity index (χ3n) is 4.39. The highest BCUT2D eigenvalue weighted by molar-refractivity contribution is 5.43. The molecule has 25 heavy (non-hydrogen) atoms. The standard InChI is InChI=1S/C24H36O/c1-18(2)10-8-11-19(3)12-9-13-20(4)14-15-25-24-22(6)16-21(5)17-23(24)7/h10,12,14,16-17H,8-9,11,13,15H2,1-7H3. The average molecular weight is 341 g/mol. The van der Waals surface area contributed by atoms with Gasteiger partial charge in [0.25, 0.3) is 0 Å². The van der Waals surface area contributed by atoms with Crippen LogP contribution in [0, 0.1) is 20.8 Å². The number of allylic oxidation sites excluding steroid dienone is 5. The highest BCUT2D eigenvalue weighted by atomic mass is 16.5. The minimum absolute atomic E-state index is 0.653. The van der Waals surface area contributed by atoms with Crippen molar-refractivity contribution in [1.82, 2.24) is 0 Å². The van der Waals surface area contributed by atoms with Crippen LogP contribution in [0.15, 0.2) is 47.1 Å². The van der Waals surface area contributed by atoms with Gasteiger partial charge in [0.15, 0.2) is 0 Å². The van der Waals surface area contributed by atoms with E-state index in [1.807, 2.05) is 0 Å². The van der Waals surface area contributed by atoms with Gasteiger partial charge < -0.3 is 4.74 Å². The van der Waals surface area contributed by atoms with Gasteiger partial charge in [-0.1, -0.05) is 46.6 Å². The van der Waals surface area contributed by atoms with Crippen LogP contribution in [-0.4, -0.2) is 6.61 Å². The van der Waals surface area contributed by atoms with Crippen LogP contribution in [-0.2, 0) is 0 Å². The summed E-state index contributed by atoms with van der Waals surface area (Å²) in [5, 5.41) is 0. The van der Waals surface area contributed by atoms with Crippen molar-refractivity contribution in [1.29, 1.82) is 0 Å². The van der Waals surface area contributed by atoms with E-state index in [9.17, 15) is 0 Å². The maximum Gasteiger partial charge on any atom is 0.125 e. The van der Waals surface area contributed by atoms with Crippen LogP contribution >= 0.6 is 0 Å². The number of aryl methyl sites for hydroxylation is 3. The summed E-state index contributed by atoms with van der Waals surface area (Å²) in [6.07, 6.45) is 11.5. The first-order valence-corrected chi connectivity index (χ1v) is 9.45. The number of ether oxygens (including phenoxy) is 1. The van der Waals surface area contributed by atoms with Gasteiger partial charge in [0.05, 0.1) is 0 Å². The molecule has 0 atom stereocenters. The topological polar surface area (TPSA) is 9.23 Å². The molecular weight excluding hydrogens is 304 g/mol. The molecule has 0 saturated heterocycles. The lowest BCUT2D eigenvalue weighted by molar-refractivity contribution is 0.356. The molecule has 0 saturated carbocycles.